The Morgan fingerprint density at radius 2 is 1.85 bits per heavy atom. The van der Waals surface area contributed by atoms with E-state index >= 15 is 0 Å². The van der Waals surface area contributed by atoms with Crippen molar-refractivity contribution < 1.29 is 18.7 Å². The second-order valence-corrected chi connectivity index (χ2v) is 6.48. The molecule has 0 aliphatic carbocycles. The fourth-order valence-electron chi connectivity index (χ4n) is 3.21. The number of Topliss-reactive ketones (excluding diaryl/α,β-unsaturated/α-hetero) is 1. The minimum absolute atomic E-state index is 0.0671. The zero-order valence-electron chi connectivity index (χ0n) is 15.3. The van der Waals surface area contributed by atoms with E-state index in [0.717, 1.165) is 11.3 Å². The van der Waals surface area contributed by atoms with E-state index in [4.69, 9.17) is 13.9 Å². The number of carbonyl (C=O) groups excluding carboxylic acids is 1. The Hall–Kier alpha value is -3.34. The van der Waals surface area contributed by atoms with E-state index in [2.05, 4.69) is 0 Å². The van der Waals surface area contributed by atoms with Crippen LogP contribution in [0.4, 0.5) is 0 Å². The lowest BCUT2D eigenvalue weighted by atomic mass is 10.00. The van der Waals surface area contributed by atoms with Crippen LogP contribution >= 0.6 is 0 Å². The second kappa shape index (κ2) is 6.43. The zero-order chi connectivity index (χ0) is 19.1. The summed E-state index contributed by atoms with van der Waals surface area (Å²) >= 11 is 0. The van der Waals surface area contributed by atoms with E-state index in [1.54, 1.807) is 32.2 Å². The average Bonchev–Trinajstić information content (AvgIpc) is 2.70. The third kappa shape index (κ3) is 2.81. The first-order valence-corrected chi connectivity index (χ1v) is 8.58. The molecule has 3 aromatic rings. The molecule has 1 aliphatic heterocycles. The van der Waals surface area contributed by atoms with Gasteiger partial charge in [0.25, 0.3) is 0 Å². The maximum Gasteiger partial charge on any atom is 0.196 e. The lowest BCUT2D eigenvalue weighted by Crippen LogP contribution is -2.14. The molecule has 2 aromatic carbocycles. The molecule has 0 unspecified atom stereocenters. The molecule has 5 heteroatoms. The number of hydrogen-bond acceptors (Lipinski definition) is 5. The second-order valence-electron chi connectivity index (χ2n) is 6.48. The van der Waals surface area contributed by atoms with E-state index in [1.165, 1.54) is 6.92 Å². The van der Waals surface area contributed by atoms with Crippen molar-refractivity contribution in [3.8, 4) is 22.8 Å². The highest BCUT2D eigenvalue weighted by molar-refractivity contribution is 6.02. The molecule has 2 heterocycles. The highest BCUT2D eigenvalue weighted by Crippen LogP contribution is 2.35. The van der Waals surface area contributed by atoms with E-state index in [9.17, 15) is 9.59 Å². The van der Waals surface area contributed by atoms with Crippen LogP contribution in [0, 0.1) is 6.92 Å². The molecule has 0 spiro atoms. The van der Waals surface area contributed by atoms with Gasteiger partial charge in [0.05, 0.1) is 18.1 Å². The molecule has 0 radical (unpaired) electrons. The third-order valence-corrected chi connectivity index (χ3v) is 4.79. The van der Waals surface area contributed by atoms with Crippen molar-refractivity contribution in [2.75, 3.05) is 13.7 Å². The topological polar surface area (TPSA) is 65.7 Å². The van der Waals surface area contributed by atoms with Crippen molar-refractivity contribution in [3.05, 3.63) is 63.3 Å². The molecular weight excluding hydrogens is 344 g/mol. The molecule has 136 valence electrons. The number of carbonyl (C=O) groups is 1. The number of rotatable bonds is 3. The molecule has 0 N–H and O–H groups in total. The Morgan fingerprint density at radius 1 is 1.11 bits per heavy atom. The number of hydrogen-bond donors (Lipinski definition) is 0. The van der Waals surface area contributed by atoms with Gasteiger partial charge in [0.15, 0.2) is 11.2 Å². The summed E-state index contributed by atoms with van der Waals surface area (Å²) in [5.74, 6) is 1.74. The predicted octanol–water partition coefficient (Wildman–Crippen LogP) is 4.14. The molecule has 0 saturated heterocycles. The van der Waals surface area contributed by atoms with Gasteiger partial charge >= 0.3 is 0 Å². The monoisotopic (exact) mass is 362 g/mol. The number of methoxy groups -OCH3 is 1. The highest BCUT2D eigenvalue weighted by Gasteiger charge is 2.21. The smallest absolute Gasteiger partial charge is 0.196 e. The molecule has 0 bridgehead atoms. The Kier molecular flexibility index (Phi) is 4.07. The molecule has 27 heavy (non-hydrogen) atoms. The molecule has 0 atom stereocenters. The van der Waals surface area contributed by atoms with Crippen molar-refractivity contribution in [2.45, 2.75) is 13.8 Å². The molecule has 0 fully saturated rings. The number of ketones is 1. The van der Waals surface area contributed by atoms with Crippen molar-refractivity contribution in [2.24, 2.45) is 0 Å². The number of benzene rings is 2. The average molecular weight is 362 g/mol. The van der Waals surface area contributed by atoms with Gasteiger partial charge in [0.1, 0.15) is 29.4 Å². The van der Waals surface area contributed by atoms with Crippen molar-refractivity contribution in [3.63, 3.8) is 0 Å². The molecule has 4 rings (SSSR count). The van der Waals surface area contributed by atoms with Crippen LogP contribution in [-0.2, 0) is 4.79 Å². The van der Waals surface area contributed by atoms with E-state index in [-0.39, 0.29) is 17.8 Å². The molecule has 1 aliphatic rings. The van der Waals surface area contributed by atoms with Crippen LogP contribution < -0.4 is 14.9 Å². The maximum absolute atomic E-state index is 12.9. The van der Waals surface area contributed by atoms with Gasteiger partial charge in [-0.3, -0.25) is 9.59 Å². The Balaban J connectivity index is 2.00. The quantitative estimate of drug-likeness (QED) is 0.700. The summed E-state index contributed by atoms with van der Waals surface area (Å²) < 4.78 is 17.1. The van der Waals surface area contributed by atoms with Crippen LogP contribution in [-0.4, -0.2) is 19.5 Å². The van der Waals surface area contributed by atoms with Gasteiger partial charge in [0.2, 0.25) is 0 Å². The number of ether oxygens (including phenoxy) is 2. The summed E-state index contributed by atoms with van der Waals surface area (Å²) in [7, 11) is 1.60. The van der Waals surface area contributed by atoms with Gasteiger partial charge < -0.3 is 13.9 Å². The van der Waals surface area contributed by atoms with Crippen LogP contribution in [0.2, 0.25) is 0 Å². The van der Waals surface area contributed by atoms with Crippen molar-refractivity contribution in [1.82, 2.24) is 0 Å². The number of fused-ring (bicyclic) bond motifs is 3. The fourth-order valence-corrected chi connectivity index (χ4v) is 3.21. The van der Waals surface area contributed by atoms with E-state index in [1.807, 2.05) is 24.3 Å². The van der Waals surface area contributed by atoms with Gasteiger partial charge in [-0.05, 0) is 56.3 Å². The van der Waals surface area contributed by atoms with Crippen LogP contribution in [0.3, 0.4) is 0 Å². The predicted molar refractivity (Wildman–Crippen MR) is 103 cm³/mol. The van der Waals surface area contributed by atoms with E-state index in [0.29, 0.717) is 39.2 Å². The van der Waals surface area contributed by atoms with Crippen molar-refractivity contribution >= 4 is 22.8 Å². The standard InChI is InChI=1S/C22H18O5/c1-12-20(24)17-8-9-19-18(10-15(11-26-19)13(2)23)22(17)27-21(12)14-4-6-16(25-3)7-5-14/h4-10H,11H2,1-3H3. The van der Waals surface area contributed by atoms with Gasteiger partial charge in [-0.15, -0.1) is 0 Å². The van der Waals surface area contributed by atoms with Gasteiger partial charge in [-0.2, -0.15) is 0 Å². The van der Waals surface area contributed by atoms with Crippen molar-refractivity contribution in [1.29, 1.82) is 0 Å². The Bertz CT molecular complexity index is 1150. The molecule has 1 aromatic heterocycles. The molecular formula is C22H18O5. The molecule has 0 saturated carbocycles. The van der Waals surface area contributed by atoms with Crippen LogP contribution in [0.1, 0.15) is 18.1 Å². The first kappa shape index (κ1) is 17.1. The minimum atomic E-state index is -0.104. The summed E-state index contributed by atoms with van der Waals surface area (Å²) in [6.07, 6.45) is 1.75. The van der Waals surface area contributed by atoms with Gasteiger partial charge in [0, 0.05) is 16.7 Å². The molecule has 0 amide bonds. The highest BCUT2D eigenvalue weighted by atomic mass is 16.5. The Morgan fingerprint density at radius 3 is 2.52 bits per heavy atom. The molecule has 5 nitrogen and oxygen atoms in total. The normalized spacial score (nSPS) is 12.9. The van der Waals surface area contributed by atoms with Crippen LogP contribution in [0.25, 0.3) is 28.4 Å². The summed E-state index contributed by atoms with van der Waals surface area (Å²) in [6, 6.07) is 10.8. The zero-order valence-corrected chi connectivity index (χ0v) is 15.3. The minimum Gasteiger partial charge on any atom is -0.497 e. The summed E-state index contributed by atoms with van der Waals surface area (Å²) in [5.41, 5.74) is 2.79. The summed E-state index contributed by atoms with van der Waals surface area (Å²) in [5, 5.41) is 0.466. The van der Waals surface area contributed by atoms with E-state index < -0.39 is 0 Å². The first-order valence-electron chi connectivity index (χ1n) is 8.58. The van der Waals surface area contributed by atoms with Crippen LogP contribution in [0.15, 0.2) is 51.2 Å². The van der Waals surface area contributed by atoms with Gasteiger partial charge in [-0.25, -0.2) is 0 Å². The van der Waals surface area contributed by atoms with Crippen LogP contribution in [0.5, 0.6) is 11.5 Å². The summed E-state index contributed by atoms with van der Waals surface area (Å²) in [4.78, 5) is 24.7. The first-order chi connectivity index (χ1) is 13.0. The third-order valence-electron chi connectivity index (χ3n) is 4.79. The lowest BCUT2D eigenvalue weighted by molar-refractivity contribution is -0.113. The van der Waals surface area contributed by atoms with Gasteiger partial charge in [-0.1, -0.05) is 0 Å². The largest absolute Gasteiger partial charge is 0.497 e. The maximum atomic E-state index is 12.9. The SMILES string of the molecule is COc1ccc(-c2oc3c4c(ccc3c(=O)c2C)OCC(C(C)=O)=C4)cc1. The Labute approximate surface area is 155 Å². The lowest BCUT2D eigenvalue weighted by Gasteiger charge is -2.18. The summed E-state index contributed by atoms with van der Waals surface area (Å²) in [6.45, 7) is 3.46. The fraction of sp³-hybridized carbons (Fsp3) is 0.182.